The number of aryl methyl sites for hydroxylation is 1. The highest BCUT2D eigenvalue weighted by Crippen LogP contribution is 2.29. The van der Waals surface area contributed by atoms with E-state index in [2.05, 4.69) is 21.1 Å². The molecule has 4 aromatic heterocycles. The van der Waals surface area contributed by atoms with Gasteiger partial charge >= 0.3 is 5.69 Å². The molecule has 0 bridgehead atoms. The van der Waals surface area contributed by atoms with Crippen molar-refractivity contribution in [3.05, 3.63) is 102 Å². The van der Waals surface area contributed by atoms with E-state index >= 15 is 0 Å². The minimum absolute atomic E-state index is 0.118. The van der Waals surface area contributed by atoms with Gasteiger partial charge in [0.05, 0.1) is 34.1 Å². The van der Waals surface area contributed by atoms with E-state index in [4.69, 9.17) is 0 Å². The van der Waals surface area contributed by atoms with E-state index in [-0.39, 0.29) is 5.69 Å². The Kier molecular flexibility index (Phi) is 4.01. The van der Waals surface area contributed by atoms with Crippen LogP contribution in [0.15, 0.2) is 96.4 Å². The lowest BCUT2D eigenvalue weighted by Gasteiger charge is -2.09. The van der Waals surface area contributed by atoms with Gasteiger partial charge in [-0.15, -0.1) is 0 Å². The average molecular weight is 418 g/mol. The second-order valence-electron chi connectivity index (χ2n) is 7.61. The van der Waals surface area contributed by atoms with Crippen LogP contribution in [0.3, 0.4) is 0 Å². The second-order valence-corrected chi connectivity index (χ2v) is 7.61. The van der Waals surface area contributed by atoms with Crippen molar-refractivity contribution in [2.24, 2.45) is 7.05 Å². The standard InChI is InChI=1S/C25H18N6O/c1-29-23-16-27-22-10-5-17(18-4-2-11-26-15-18)14-21(22)24(23)31(25(29)32)20-8-6-19(7-9-20)30-13-3-12-28-30/h2-16H,1H3. The molecule has 2 aromatic carbocycles. The highest BCUT2D eigenvalue weighted by molar-refractivity contribution is 6.04. The summed E-state index contributed by atoms with van der Waals surface area (Å²) in [7, 11) is 1.78. The lowest BCUT2D eigenvalue weighted by Crippen LogP contribution is -2.20. The third-order valence-corrected chi connectivity index (χ3v) is 5.76. The van der Waals surface area contributed by atoms with E-state index in [1.807, 2.05) is 67.0 Å². The largest absolute Gasteiger partial charge is 0.333 e. The summed E-state index contributed by atoms with van der Waals surface area (Å²) in [5, 5.41) is 5.19. The number of hydrogen-bond donors (Lipinski definition) is 0. The SMILES string of the molecule is Cn1c(=O)n(-c2ccc(-n3cccn3)cc2)c2c3cc(-c4cccnc4)ccc3ncc21. The highest BCUT2D eigenvalue weighted by atomic mass is 16.1. The molecule has 0 aliphatic heterocycles. The number of rotatable bonds is 3. The molecular weight excluding hydrogens is 400 g/mol. The summed E-state index contributed by atoms with van der Waals surface area (Å²) in [4.78, 5) is 22.1. The van der Waals surface area contributed by atoms with E-state index in [0.29, 0.717) is 0 Å². The molecule has 6 aromatic rings. The van der Waals surface area contributed by atoms with Gasteiger partial charge < -0.3 is 0 Å². The van der Waals surface area contributed by atoms with E-state index in [1.165, 1.54) is 0 Å². The van der Waals surface area contributed by atoms with Crippen molar-refractivity contribution in [3.63, 3.8) is 0 Å². The number of imidazole rings is 1. The lowest BCUT2D eigenvalue weighted by molar-refractivity contribution is 0.843. The van der Waals surface area contributed by atoms with Crippen molar-refractivity contribution in [2.75, 3.05) is 0 Å². The van der Waals surface area contributed by atoms with Crippen molar-refractivity contribution in [1.82, 2.24) is 28.9 Å². The third kappa shape index (κ3) is 2.75. The predicted octanol–water partition coefficient (Wildman–Crippen LogP) is 4.13. The van der Waals surface area contributed by atoms with Crippen LogP contribution >= 0.6 is 0 Å². The van der Waals surface area contributed by atoms with Gasteiger partial charge in [-0.3, -0.25) is 19.1 Å². The summed E-state index contributed by atoms with van der Waals surface area (Å²) in [6.45, 7) is 0. The first-order chi connectivity index (χ1) is 15.7. The molecule has 0 N–H and O–H groups in total. The maximum atomic E-state index is 13.3. The second kappa shape index (κ2) is 7.02. The number of aromatic nitrogens is 6. The zero-order chi connectivity index (χ0) is 21.7. The summed E-state index contributed by atoms with van der Waals surface area (Å²) in [5.41, 5.74) is 6.08. The van der Waals surface area contributed by atoms with Gasteiger partial charge in [0.2, 0.25) is 0 Å². The molecule has 0 amide bonds. The molecule has 0 aliphatic rings. The fourth-order valence-corrected chi connectivity index (χ4v) is 4.13. The topological polar surface area (TPSA) is 70.5 Å². The Morgan fingerprint density at radius 1 is 0.844 bits per heavy atom. The molecule has 4 heterocycles. The van der Waals surface area contributed by atoms with Crippen LogP contribution in [0.5, 0.6) is 0 Å². The minimum Gasteiger partial charge on any atom is -0.293 e. The number of hydrogen-bond acceptors (Lipinski definition) is 4. The Hall–Kier alpha value is -4.52. The molecule has 6 rings (SSSR count). The summed E-state index contributed by atoms with van der Waals surface area (Å²) < 4.78 is 5.17. The Bertz CT molecular complexity index is 1630. The van der Waals surface area contributed by atoms with Crippen molar-refractivity contribution in [3.8, 4) is 22.5 Å². The van der Waals surface area contributed by atoms with Crippen LogP contribution in [0, 0.1) is 0 Å². The molecule has 0 unspecified atom stereocenters. The monoisotopic (exact) mass is 418 g/mol. The average Bonchev–Trinajstić information content (AvgIpc) is 3.47. The minimum atomic E-state index is -0.118. The third-order valence-electron chi connectivity index (χ3n) is 5.76. The van der Waals surface area contributed by atoms with Gasteiger partial charge in [-0.2, -0.15) is 5.10 Å². The number of benzene rings is 2. The van der Waals surface area contributed by atoms with Crippen LogP contribution in [0.2, 0.25) is 0 Å². The number of pyridine rings is 2. The zero-order valence-electron chi connectivity index (χ0n) is 17.3. The number of nitrogens with zero attached hydrogens (tertiary/aromatic N) is 6. The van der Waals surface area contributed by atoms with Crippen molar-refractivity contribution >= 4 is 21.9 Å². The van der Waals surface area contributed by atoms with Crippen molar-refractivity contribution in [2.45, 2.75) is 0 Å². The molecule has 32 heavy (non-hydrogen) atoms. The first kappa shape index (κ1) is 18.3. The highest BCUT2D eigenvalue weighted by Gasteiger charge is 2.17. The molecule has 7 nitrogen and oxygen atoms in total. The van der Waals surface area contributed by atoms with Crippen LogP contribution in [-0.2, 0) is 7.05 Å². The Labute approximate surface area is 182 Å². The van der Waals surface area contributed by atoms with Gasteiger partial charge in [0.25, 0.3) is 0 Å². The van der Waals surface area contributed by atoms with Crippen LogP contribution in [0.4, 0.5) is 0 Å². The lowest BCUT2D eigenvalue weighted by atomic mass is 10.0. The van der Waals surface area contributed by atoms with E-state index in [1.54, 1.807) is 39.5 Å². The Balaban J connectivity index is 1.61. The molecule has 0 aliphatic carbocycles. The van der Waals surface area contributed by atoms with Gasteiger partial charge in [0.1, 0.15) is 0 Å². The molecule has 0 spiro atoms. The Morgan fingerprint density at radius 2 is 1.69 bits per heavy atom. The Morgan fingerprint density at radius 3 is 2.44 bits per heavy atom. The van der Waals surface area contributed by atoms with Crippen molar-refractivity contribution in [1.29, 1.82) is 0 Å². The zero-order valence-corrected chi connectivity index (χ0v) is 17.3. The molecule has 0 radical (unpaired) electrons. The first-order valence-corrected chi connectivity index (χ1v) is 10.2. The maximum absolute atomic E-state index is 13.3. The molecule has 0 atom stereocenters. The van der Waals surface area contributed by atoms with Crippen LogP contribution in [0.1, 0.15) is 0 Å². The molecule has 0 saturated heterocycles. The van der Waals surface area contributed by atoms with E-state index in [9.17, 15) is 4.79 Å². The van der Waals surface area contributed by atoms with Gasteiger partial charge in [0.15, 0.2) is 0 Å². The first-order valence-electron chi connectivity index (χ1n) is 10.2. The van der Waals surface area contributed by atoms with Crippen LogP contribution < -0.4 is 5.69 Å². The normalized spacial score (nSPS) is 11.4. The van der Waals surface area contributed by atoms with Crippen LogP contribution in [-0.4, -0.2) is 28.9 Å². The molecule has 0 saturated carbocycles. The van der Waals surface area contributed by atoms with E-state index < -0.39 is 0 Å². The van der Waals surface area contributed by atoms with Gasteiger partial charge in [0, 0.05) is 42.8 Å². The summed E-state index contributed by atoms with van der Waals surface area (Å²) in [6.07, 6.45) is 8.98. The van der Waals surface area contributed by atoms with Crippen LogP contribution in [0.25, 0.3) is 44.4 Å². The summed E-state index contributed by atoms with van der Waals surface area (Å²) >= 11 is 0. The molecule has 154 valence electrons. The maximum Gasteiger partial charge on any atom is 0.333 e. The predicted molar refractivity (Wildman–Crippen MR) is 124 cm³/mol. The quantitative estimate of drug-likeness (QED) is 0.433. The fourth-order valence-electron chi connectivity index (χ4n) is 4.13. The molecule has 7 heteroatoms. The van der Waals surface area contributed by atoms with Gasteiger partial charge in [-0.1, -0.05) is 12.1 Å². The van der Waals surface area contributed by atoms with Gasteiger partial charge in [-0.05, 0) is 54.1 Å². The van der Waals surface area contributed by atoms with Gasteiger partial charge in [-0.25, -0.2) is 9.48 Å². The smallest absolute Gasteiger partial charge is 0.293 e. The van der Waals surface area contributed by atoms with E-state index in [0.717, 1.165) is 44.4 Å². The van der Waals surface area contributed by atoms with Crippen molar-refractivity contribution < 1.29 is 0 Å². The number of fused-ring (bicyclic) bond motifs is 3. The fraction of sp³-hybridized carbons (Fsp3) is 0.0400. The molecule has 0 fully saturated rings. The summed E-state index contributed by atoms with van der Waals surface area (Å²) in [5.74, 6) is 0. The molecular formula is C25H18N6O. The summed E-state index contributed by atoms with van der Waals surface area (Å²) in [6, 6.07) is 19.7.